The first-order valence-electron chi connectivity index (χ1n) is 6.02. The predicted octanol–water partition coefficient (Wildman–Crippen LogP) is 4.15. The Kier molecular flexibility index (Phi) is 10.2. The Hall–Kier alpha value is -0.530. The minimum Gasteiger partial charge on any atom is -0.396 e. The van der Waals surface area contributed by atoms with Gasteiger partial charge >= 0.3 is 0 Å². The van der Waals surface area contributed by atoms with Gasteiger partial charge in [0.25, 0.3) is 0 Å². The highest BCUT2D eigenvalue weighted by molar-refractivity contribution is 5.83. The van der Waals surface area contributed by atoms with Gasteiger partial charge < -0.3 is 4.84 Å². The van der Waals surface area contributed by atoms with E-state index in [9.17, 15) is 0 Å². The summed E-state index contributed by atoms with van der Waals surface area (Å²) in [4.78, 5) is 5.11. The topological polar surface area (TPSA) is 21.6 Å². The van der Waals surface area contributed by atoms with Crippen molar-refractivity contribution < 1.29 is 4.84 Å². The molecular formula is C12H25NO. The van der Waals surface area contributed by atoms with Gasteiger partial charge in [0.15, 0.2) is 0 Å². The van der Waals surface area contributed by atoms with Crippen LogP contribution < -0.4 is 0 Å². The van der Waals surface area contributed by atoms with Crippen LogP contribution >= 0.6 is 0 Å². The van der Waals surface area contributed by atoms with Gasteiger partial charge in [-0.05, 0) is 32.6 Å². The molecule has 0 saturated carbocycles. The van der Waals surface area contributed by atoms with Crippen LogP contribution in [0.3, 0.4) is 0 Å². The van der Waals surface area contributed by atoms with Crippen molar-refractivity contribution in [2.45, 2.75) is 65.7 Å². The molecule has 2 nitrogen and oxygen atoms in total. The summed E-state index contributed by atoms with van der Waals surface area (Å²) in [6, 6.07) is 0. The highest BCUT2D eigenvalue weighted by Crippen LogP contribution is 2.07. The summed E-state index contributed by atoms with van der Waals surface area (Å²) in [6.45, 7) is 7.10. The SMILES string of the molecule is CCCCCC(CCCC)=NOCC. The Morgan fingerprint density at radius 2 is 1.57 bits per heavy atom. The average molecular weight is 199 g/mol. The molecule has 0 fully saturated rings. The fourth-order valence-corrected chi connectivity index (χ4v) is 1.33. The summed E-state index contributed by atoms with van der Waals surface area (Å²) in [6.07, 6.45) is 8.53. The van der Waals surface area contributed by atoms with E-state index in [1.54, 1.807) is 0 Å². The second-order valence-electron chi connectivity index (χ2n) is 3.64. The molecule has 0 saturated heterocycles. The molecule has 0 unspecified atom stereocenters. The van der Waals surface area contributed by atoms with Gasteiger partial charge in [-0.2, -0.15) is 0 Å². The largest absolute Gasteiger partial charge is 0.396 e. The Balaban J connectivity index is 3.72. The molecule has 0 rings (SSSR count). The van der Waals surface area contributed by atoms with Crippen molar-refractivity contribution in [2.24, 2.45) is 5.16 Å². The molecule has 0 atom stereocenters. The van der Waals surface area contributed by atoms with E-state index in [-0.39, 0.29) is 0 Å². The van der Waals surface area contributed by atoms with Crippen molar-refractivity contribution in [1.82, 2.24) is 0 Å². The maximum Gasteiger partial charge on any atom is 0.114 e. The van der Waals surface area contributed by atoms with Gasteiger partial charge in [0.05, 0.1) is 5.71 Å². The van der Waals surface area contributed by atoms with Crippen molar-refractivity contribution >= 4 is 5.71 Å². The normalized spacial score (nSPS) is 11.8. The van der Waals surface area contributed by atoms with Gasteiger partial charge in [0.1, 0.15) is 6.61 Å². The molecule has 84 valence electrons. The summed E-state index contributed by atoms with van der Waals surface area (Å²) in [7, 11) is 0. The third-order valence-electron chi connectivity index (χ3n) is 2.21. The molecule has 0 bridgehead atoms. The van der Waals surface area contributed by atoms with Crippen LogP contribution in [0.25, 0.3) is 0 Å². The summed E-state index contributed by atoms with van der Waals surface area (Å²) in [5.41, 5.74) is 1.25. The first kappa shape index (κ1) is 13.5. The fourth-order valence-electron chi connectivity index (χ4n) is 1.33. The zero-order valence-corrected chi connectivity index (χ0v) is 10.0. The monoisotopic (exact) mass is 199 g/mol. The molecule has 0 radical (unpaired) electrons. The molecule has 0 aromatic heterocycles. The van der Waals surface area contributed by atoms with Gasteiger partial charge in [-0.25, -0.2) is 0 Å². The van der Waals surface area contributed by atoms with E-state index in [0.717, 1.165) is 12.8 Å². The van der Waals surface area contributed by atoms with Crippen LogP contribution in [0.2, 0.25) is 0 Å². The van der Waals surface area contributed by atoms with E-state index in [1.165, 1.54) is 37.8 Å². The Labute approximate surface area is 88.7 Å². The standard InChI is InChI=1S/C12H25NO/c1-4-7-9-11-12(10-8-5-2)13-14-6-3/h4-11H2,1-3H3. The van der Waals surface area contributed by atoms with Gasteiger partial charge in [0, 0.05) is 0 Å². The zero-order valence-electron chi connectivity index (χ0n) is 10.0. The number of hydrogen-bond donors (Lipinski definition) is 0. The second-order valence-corrected chi connectivity index (χ2v) is 3.64. The zero-order chi connectivity index (χ0) is 10.6. The predicted molar refractivity (Wildman–Crippen MR) is 62.7 cm³/mol. The van der Waals surface area contributed by atoms with E-state index in [1.807, 2.05) is 6.92 Å². The molecule has 0 aliphatic heterocycles. The van der Waals surface area contributed by atoms with E-state index < -0.39 is 0 Å². The Morgan fingerprint density at radius 1 is 0.929 bits per heavy atom. The Morgan fingerprint density at radius 3 is 2.14 bits per heavy atom. The van der Waals surface area contributed by atoms with Crippen molar-refractivity contribution in [2.75, 3.05) is 6.61 Å². The number of hydrogen-bond acceptors (Lipinski definition) is 2. The Bertz CT molecular complexity index is 143. The molecule has 2 heteroatoms. The first-order valence-corrected chi connectivity index (χ1v) is 6.02. The van der Waals surface area contributed by atoms with E-state index in [0.29, 0.717) is 6.61 Å². The lowest BCUT2D eigenvalue weighted by molar-refractivity contribution is 0.157. The third kappa shape index (κ3) is 8.09. The molecule has 0 amide bonds. The quantitative estimate of drug-likeness (QED) is 0.310. The summed E-state index contributed by atoms with van der Waals surface area (Å²) in [5, 5.41) is 4.17. The van der Waals surface area contributed by atoms with Gasteiger partial charge in [-0.3, -0.25) is 0 Å². The lowest BCUT2D eigenvalue weighted by Gasteiger charge is -2.04. The number of oxime groups is 1. The maximum absolute atomic E-state index is 5.11. The van der Waals surface area contributed by atoms with Crippen LogP contribution in [-0.4, -0.2) is 12.3 Å². The molecule has 0 heterocycles. The van der Waals surface area contributed by atoms with Gasteiger partial charge in [-0.1, -0.05) is 38.3 Å². The lowest BCUT2D eigenvalue weighted by Crippen LogP contribution is -2.00. The molecule has 0 aromatic carbocycles. The number of nitrogens with zero attached hydrogens (tertiary/aromatic N) is 1. The number of unbranched alkanes of at least 4 members (excludes halogenated alkanes) is 3. The minimum atomic E-state index is 0.684. The third-order valence-corrected chi connectivity index (χ3v) is 2.21. The van der Waals surface area contributed by atoms with Crippen LogP contribution in [-0.2, 0) is 4.84 Å². The van der Waals surface area contributed by atoms with Crippen LogP contribution in [0.4, 0.5) is 0 Å². The smallest absolute Gasteiger partial charge is 0.114 e. The minimum absolute atomic E-state index is 0.684. The van der Waals surface area contributed by atoms with Crippen LogP contribution in [0.1, 0.15) is 65.7 Å². The first-order chi connectivity index (χ1) is 6.85. The van der Waals surface area contributed by atoms with Crippen LogP contribution in [0, 0.1) is 0 Å². The highest BCUT2D eigenvalue weighted by atomic mass is 16.6. The maximum atomic E-state index is 5.11. The summed E-state index contributed by atoms with van der Waals surface area (Å²) >= 11 is 0. The van der Waals surface area contributed by atoms with Gasteiger partial charge in [0.2, 0.25) is 0 Å². The molecule has 0 aliphatic rings. The summed E-state index contributed by atoms with van der Waals surface area (Å²) < 4.78 is 0. The van der Waals surface area contributed by atoms with E-state index in [2.05, 4.69) is 19.0 Å². The molecule has 0 aliphatic carbocycles. The molecule has 14 heavy (non-hydrogen) atoms. The fraction of sp³-hybridized carbons (Fsp3) is 0.917. The van der Waals surface area contributed by atoms with E-state index >= 15 is 0 Å². The van der Waals surface area contributed by atoms with Crippen molar-refractivity contribution in [3.63, 3.8) is 0 Å². The van der Waals surface area contributed by atoms with Crippen LogP contribution in [0.5, 0.6) is 0 Å². The van der Waals surface area contributed by atoms with E-state index in [4.69, 9.17) is 4.84 Å². The van der Waals surface area contributed by atoms with Crippen molar-refractivity contribution in [1.29, 1.82) is 0 Å². The van der Waals surface area contributed by atoms with Crippen LogP contribution in [0.15, 0.2) is 5.16 Å². The number of rotatable bonds is 9. The molecular weight excluding hydrogens is 174 g/mol. The van der Waals surface area contributed by atoms with Crippen molar-refractivity contribution in [3.05, 3.63) is 0 Å². The molecule has 0 spiro atoms. The van der Waals surface area contributed by atoms with Crippen molar-refractivity contribution in [3.8, 4) is 0 Å². The lowest BCUT2D eigenvalue weighted by atomic mass is 10.1. The second kappa shape index (κ2) is 10.6. The average Bonchev–Trinajstić information content (AvgIpc) is 2.21. The highest BCUT2D eigenvalue weighted by Gasteiger charge is 1.99. The molecule has 0 N–H and O–H groups in total. The van der Waals surface area contributed by atoms with Gasteiger partial charge in [-0.15, -0.1) is 0 Å². The summed E-state index contributed by atoms with van der Waals surface area (Å²) in [5.74, 6) is 0. The molecule has 0 aromatic rings.